The second-order valence-electron chi connectivity index (χ2n) is 6.80. The highest BCUT2D eigenvalue weighted by molar-refractivity contribution is 5.93. The fourth-order valence-corrected chi connectivity index (χ4v) is 3.79. The molecule has 2 fully saturated rings. The van der Waals surface area contributed by atoms with Crippen LogP contribution in [0.15, 0.2) is 18.3 Å². The van der Waals surface area contributed by atoms with Crippen LogP contribution in [0.1, 0.15) is 48.9 Å². The van der Waals surface area contributed by atoms with E-state index in [-0.39, 0.29) is 5.91 Å². The molecule has 1 amide bonds. The molecule has 1 aromatic rings. The molecule has 3 rings (SSSR count). The zero-order valence-corrected chi connectivity index (χ0v) is 13.1. The van der Waals surface area contributed by atoms with E-state index in [1.54, 1.807) is 25.2 Å². The molecular weight excluding hydrogens is 262 g/mol. The van der Waals surface area contributed by atoms with E-state index in [9.17, 15) is 4.79 Å². The molecule has 4 heteroatoms. The van der Waals surface area contributed by atoms with Crippen LogP contribution in [0.2, 0.25) is 0 Å². The number of aromatic nitrogens is 1. The van der Waals surface area contributed by atoms with Crippen LogP contribution in [0.5, 0.6) is 0 Å². The molecule has 1 aliphatic heterocycles. The lowest BCUT2D eigenvalue weighted by Gasteiger charge is -2.40. The van der Waals surface area contributed by atoms with Crippen molar-refractivity contribution < 1.29 is 4.79 Å². The van der Waals surface area contributed by atoms with Gasteiger partial charge in [-0.3, -0.25) is 4.79 Å². The monoisotopic (exact) mass is 287 g/mol. The minimum Gasteiger partial charge on any atom is -0.357 e. The first kappa shape index (κ1) is 14.4. The van der Waals surface area contributed by atoms with Crippen LogP contribution in [-0.2, 0) is 0 Å². The van der Waals surface area contributed by atoms with Crippen LogP contribution in [0.3, 0.4) is 0 Å². The normalized spacial score (nSPS) is 20.8. The summed E-state index contributed by atoms with van der Waals surface area (Å²) in [6.07, 6.45) is 9.98. The third-order valence-corrected chi connectivity index (χ3v) is 5.21. The van der Waals surface area contributed by atoms with Crippen molar-refractivity contribution in [3.05, 3.63) is 23.9 Å². The molecule has 0 N–H and O–H groups in total. The summed E-state index contributed by atoms with van der Waals surface area (Å²) >= 11 is 0. The van der Waals surface area contributed by atoms with E-state index < -0.39 is 0 Å². The Balaban J connectivity index is 1.64. The fraction of sp³-hybridized carbons (Fsp3) is 0.647. The van der Waals surface area contributed by atoms with Gasteiger partial charge in [-0.2, -0.15) is 0 Å². The molecule has 2 heterocycles. The lowest BCUT2D eigenvalue weighted by Crippen LogP contribution is -2.39. The molecule has 0 aromatic carbocycles. The van der Waals surface area contributed by atoms with Gasteiger partial charge >= 0.3 is 0 Å². The van der Waals surface area contributed by atoms with Gasteiger partial charge in [-0.1, -0.05) is 12.8 Å². The van der Waals surface area contributed by atoms with Crippen molar-refractivity contribution in [1.29, 1.82) is 0 Å². The fourth-order valence-electron chi connectivity index (χ4n) is 3.79. The van der Waals surface area contributed by atoms with E-state index in [0.29, 0.717) is 11.0 Å². The van der Waals surface area contributed by atoms with Crippen LogP contribution in [-0.4, -0.2) is 43.0 Å². The van der Waals surface area contributed by atoms with Crippen LogP contribution >= 0.6 is 0 Å². The van der Waals surface area contributed by atoms with Gasteiger partial charge in [0.1, 0.15) is 5.82 Å². The van der Waals surface area contributed by atoms with Crippen molar-refractivity contribution in [3.8, 4) is 0 Å². The predicted octanol–water partition coefficient (Wildman–Crippen LogP) is 2.94. The smallest absolute Gasteiger partial charge is 0.254 e. The van der Waals surface area contributed by atoms with E-state index in [4.69, 9.17) is 0 Å². The average molecular weight is 287 g/mol. The second-order valence-corrected chi connectivity index (χ2v) is 6.80. The van der Waals surface area contributed by atoms with Crippen molar-refractivity contribution in [2.45, 2.75) is 38.5 Å². The van der Waals surface area contributed by atoms with Gasteiger partial charge < -0.3 is 9.80 Å². The third kappa shape index (κ3) is 2.89. The Bertz CT molecular complexity index is 493. The molecule has 1 saturated carbocycles. The molecule has 0 bridgehead atoms. The molecule has 0 unspecified atom stereocenters. The van der Waals surface area contributed by atoms with Gasteiger partial charge in [0.2, 0.25) is 0 Å². The highest BCUT2D eigenvalue weighted by atomic mass is 16.2. The molecule has 21 heavy (non-hydrogen) atoms. The van der Waals surface area contributed by atoms with Gasteiger partial charge in [-0.25, -0.2) is 4.98 Å². The van der Waals surface area contributed by atoms with E-state index in [1.165, 1.54) is 38.5 Å². The van der Waals surface area contributed by atoms with Crippen molar-refractivity contribution >= 4 is 11.7 Å². The number of anilines is 1. The van der Waals surface area contributed by atoms with E-state index in [2.05, 4.69) is 9.88 Å². The van der Waals surface area contributed by atoms with Crippen molar-refractivity contribution in [3.63, 3.8) is 0 Å². The number of amides is 1. The van der Waals surface area contributed by atoms with Crippen LogP contribution in [0.25, 0.3) is 0 Å². The minimum absolute atomic E-state index is 0.0117. The standard InChI is InChI=1S/C17H25N3O/c1-19(2)16(21)14-5-6-15(18-13-14)20-11-9-17(10-12-20)7-3-4-8-17/h5-6,13H,3-4,7-12H2,1-2H3. The maximum absolute atomic E-state index is 11.9. The van der Waals surface area contributed by atoms with Crippen molar-refractivity contribution in [2.75, 3.05) is 32.1 Å². The molecule has 114 valence electrons. The Kier molecular flexibility index (Phi) is 3.87. The number of rotatable bonds is 2. The van der Waals surface area contributed by atoms with Crippen LogP contribution < -0.4 is 4.90 Å². The molecule has 4 nitrogen and oxygen atoms in total. The lowest BCUT2D eigenvalue weighted by molar-refractivity contribution is 0.0827. The van der Waals surface area contributed by atoms with Crippen LogP contribution in [0, 0.1) is 5.41 Å². The Morgan fingerprint density at radius 1 is 1.14 bits per heavy atom. The summed E-state index contributed by atoms with van der Waals surface area (Å²) in [7, 11) is 3.53. The Morgan fingerprint density at radius 2 is 1.81 bits per heavy atom. The van der Waals surface area contributed by atoms with Crippen molar-refractivity contribution in [1.82, 2.24) is 9.88 Å². The molecular formula is C17H25N3O. The highest BCUT2D eigenvalue weighted by Crippen LogP contribution is 2.46. The quantitative estimate of drug-likeness (QED) is 0.839. The van der Waals surface area contributed by atoms with Gasteiger partial charge in [0.05, 0.1) is 5.56 Å². The van der Waals surface area contributed by atoms with Gasteiger partial charge in [-0.05, 0) is 43.2 Å². The molecule has 1 saturated heterocycles. The minimum atomic E-state index is 0.0117. The van der Waals surface area contributed by atoms with E-state index in [1.807, 2.05) is 12.1 Å². The van der Waals surface area contributed by atoms with Gasteiger partial charge in [0.25, 0.3) is 5.91 Å². The molecule has 1 aromatic heterocycles. The summed E-state index contributed by atoms with van der Waals surface area (Å²) in [6.45, 7) is 2.21. The molecule has 1 aliphatic carbocycles. The number of hydrogen-bond donors (Lipinski definition) is 0. The van der Waals surface area contributed by atoms with E-state index in [0.717, 1.165) is 18.9 Å². The highest BCUT2D eigenvalue weighted by Gasteiger charge is 2.37. The van der Waals surface area contributed by atoms with Crippen LogP contribution in [0.4, 0.5) is 5.82 Å². The summed E-state index contributed by atoms with van der Waals surface area (Å²) in [4.78, 5) is 20.3. The third-order valence-electron chi connectivity index (χ3n) is 5.21. The SMILES string of the molecule is CN(C)C(=O)c1ccc(N2CCC3(CCCC3)CC2)nc1. The lowest BCUT2D eigenvalue weighted by atomic mass is 9.77. The Hall–Kier alpha value is -1.58. The summed E-state index contributed by atoms with van der Waals surface area (Å²) in [6, 6.07) is 3.88. The first-order chi connectivity index (χ1) is 10.1. The maximum atomic E-state index is 11.9. The van der Waals surface area contributed by atoms with Gasteiger partial charge in [0, 0.05) is 33.4 Å². The topological polar surface area (TPSA) is 36.4 Å². The molecule has 0 radical (unpaired) electrons. The van der Waals surface area contributed by atoms with E-state index >= 15 is 0 Å². The average Bonchev–Trinajstić information content (AvgIpc) is 2.96. The molecule has 0 atom stereocenters. The van der Waals surface area contributed by atoms with Gasteiger partial charge in [-0.15, -0.1) is 0 Å². The first-order valence-electron chi connectivity index (χ1n) is 8.02. The number of carbonyl (C=O) groups is 1. The predicted molar refractivity (Wildman–Crippen MR) is 84.6 cm³/mol. The number of carbonyl (C=O) groups excluding carboxylic acids is 1. The Morgan fingerprint density at radius 3 is 2.33 bits per heavy atom. The summed E-state index contributed by atoms with van der Waals surface area (Å²) in [5.41, 5.74) is 1.30. The number of piperidine rings is 1. The maximum Gasteiger partial charge on any atom is 0.254 e. The number of pyridine rings is 1. The van der Waals surface area contributed by atoms with Crippen molar-refractivity contribution in [2.24, 2.45) is 5.41 Å². The Labute approximate surface area is 127 Å². The zero-order chi connectivity index (χ0) is 14.9. The second kappa shape index (κ2) is 5.66. The van der Waals surface area contributed by atoms with Gasteiger partial charge in [0.15, 0.2) is 0 Å². The number of nitrogens with zero attached hydrogens (tertiary/aromatic N) is 3. The zero-order valence-electron chi connectivity index (χ0n) is 13.1. The molecule has 2 aliphatic rings. The largest absolute Gasteiger partial charge is 0.357 e. The molecule has 1 spiro atoms. The summed E-state index contributed by atoms with van der Waals surface area (Å²) in [5.74, 6) is 1.02. The summed E-state index contributed by atoms with van der Waals surface area (Å²) < 4.78 is 0. The number of hydrogen-bond acceptors (Lipinski definition) is 3. The first-order valence-corrected chi connectivity index (χ1v) is 8.02. The summed E-state index contributed by atoms with van der Waals surface area (Å²) in [5, 5.41) is 0.